The second kappa shape index (κ2) is 4.11. The fraction of sp³-hybridized carbons (Fsp3) is 0.300. The molecule has 0 fully saturated rings. The highest BCUT2D eigenvalue weighted by molar-refractivity contribution is 5.91. The van der Waals surface area contributed by atoms with Gasteiger partial charge >= 0.3 is 5.97 Å². The van der Waals surface area contributed by atoms with Crippen LogP contribution in [0.3, 0.4) is 0 Å². The fourth-order valence-corrected chi connectivity index (χ4v) is 1.17. The van der Waals surface area contributed by atoms with Crippen molar-refractivity contribution in [1.82, 2.24) is 0 Å². The quantitative estimate of drug-likeness (QED) is 0.764. The third-order valence-corrected chi connectivity index (χ3v) is 1.98. The molecule has 3 N–H and O–H groups in total. The van der Waals surface area contributed by atoms with E-state index in [1.165, 1.54) is 13.2 Å². The summed E-state index contributed by atoms with van der Waals surface area (Å²) >= 11 is 0. The van der Waals surface area contributed by atoms with Crippen LogP contribution in [0.2, 0.25) is 0 Å². The van der Waals surface area contributed by atoms with E-state index in [1.807, 2.05) is 6.92 Å². The van der Waals surface area contributed by atoms with E-state index in [1.54, 1.807) is 12.1 Å². The first kappa shape index (κ1) is 10.5. The minimum atomic E-state index is -1.00. The molecule has 0 aromatic heterocycles. The van der Waals surface area contributed by atoms with Gasteiger partial charge in [0.25, 0.3) is 0 Å². The van der Waals surface area contributed by atoms with Crippen molar-refractivity contribution in [3.8, 4) is 5.75 Å². The third-order valence-electron chi connectivity index (χ3n) is 1.98. The number of carbonyl (C=O) groups is 1. The molecule has 1 unspecified atom stereocenters. The van der Waals surface area contributed by atoms with Gasteiger partial charge in [-0.3, -0.25) is 0 Å². The molecular weight excluding hydrogens is 182 g/mol. The lowest BCUT2D eigenvalue weighted by molar-refractivity contribution is 0.0693. The summed E-state index contributed by atoms with van der Waals surface area (Å²) in [4.78, 5) is 10.8. The molecule has 4 heteroatoms. The van der Waals surface area contributed by atoms with Crippen LogP contribution in [0, 0.1) is 0 Å². The SMILES string of the molecule is COc1cc(C(C)N)ccc1C(=O)O. The Morgan fingerprint density at radius 1 is 1.57 bits per heavy atom. The van der Waals surface area contributed by atoms with Crippen LogP contribution in [0.4, 0.5) is 0 Å². The van der Waals surface area contributed by atoms with Gasteiger partial charge in [-0.1, -0.05) is 6.07 Å². The Hall–Kier alpha value is -1.55. The van der Waals surface area contributed by atoms with Crippen molar-refractivity contribution in [1.29, 1.82) is 0 Å². The van der Waals surface area contributed by atoms with E-state index in [-0.39, 0.29) is 11.6 Å². The molecule has 76 valence electrons. The minimum Gasteiger partial charge on any atom is -0.496 e. The maximum atomic E-state index is 10.8. The van der Waals surface area contributed by atoms with E-state index >= 15 is 0 Å². The van der Waals surface area contributed by atoms with Gasteiger partial charge in [-0.05, 0) is 24.6 Å². The van der Waals surface area contributed by atoms with Gasteiger partial charge in [-0.15, -0.1) is 0 Å². The summed E-state index contributed by atoms with van der Waals surface area (Å²) < 4.78 is 4.96. The summed E-state index contributed by atoms with van der Waals surface area (Å²) in [7, 11) is 1.44. The second-order valence-corrected chi connectivity index (χ2v) is 3.05. The van der Waals surface area contributed by atoms with Crippen LogP contribution >= 0.6 is 0 Å². The molecule has 0 radical (unpaired) electrons. The standard InChI is InChI=1S/C10H13NO3/c1-6(11)7-3-4-8(10(12)13)9(5-7)14-2/h3-6H,11H2,1-2H3,(H,12,13). The molecule has 0 saturated heterocycles. The first-order valence-electron chi connectivity index (χ1n) is 4.23. The molecular formula is C10H13NO3. The van der Waals surface area contributed by atoms with Crippen molar-refractivity contribution in [2.24, 2.45) is 5.73 Å². The number of hydrogen-bond acceptors (Lipinski definition) is 3. The van der Waals surface area contributed by atoms with Crippen LogP contribution in [0.1, 0.15) is 28.9 Å². The molecule has 0 aliphatic carbocycles. The van der Waals surface area contributed by atoms with Gasteiger partial charge in [0, 0.05) is 6.04 Å². The monoisotopic (exact) mass is 195 g/mol. The lowest BCUT2D eigenvalue weighted by Gasteiger charge is -2.09. The summed E-state index contributed by atoms with van der Waals surface area (Å²) in [5.41, 5.74) is 6.66. The zero-order valence-electron chi connectivity index (χ0n) is 8.15. The molecule has 0 aliphatic rings. The van der Waals surface area contributed by atoms with Gasteiger partial charge in [-0.25, -0.2) is 4.79 Å². The van der Waals surface area contributed by atoms with Crippen LogP contribution in [0.25, 0.3) is 0 Å². The first-order chi connectivity index (χ1) is 6.56. The van der Waals surface area contributed by atoms with Gasteiger partial charge in [0.15, 0.2) is 0 Å². The zero-order valence-corrected chi connectivity index (χ0v) is 8.15. The molecule has 1 aromatic carbocycles. The lowest BCUT2D eigenvalue weighted by Crippen LogP contribution is -2.07. The highest BCUT2D eigenvalue weighted by Gasteiger charge is 2.12. The number of methoxy groups -OCH3 is 1. The van der Waals surface area contributed by atoms with Gasteiger partial charge in [0.05, 0.1) is 7.11 Å². The van der Waals surface area contributed by atoms with Crippen LogP contribution in [0.5, 0.6) is 5.75 Å². The van der Waals surface area contributed by atoms with E-state index in [0.29, 0.717) is 5.75 Å². The van der Waals surface area contributed by atoms with E-state index in [2.05, 4.69) is 0 Å². The van der Waals surface area contributed by atoms with E-state index in [4.69, 9.17) is 15.6 Å². The van der Waals surface area contributed by atoms with E-state index < -0.39 is 5.97 Å². The normalized spacial score (nSPS) is 12.2. The smallest absolute Gasteiger partial charge is 0.339 e. The van der Waals surface area contributed by atoms with Gasteiger partial charge in [0.2, 0.25) is 0 Å². The molecule has 0 saturated carbocycles. The zero-order chi connectivity index (χ0) is 10.7. The highest BCUT2D eigenvalue weighted by Crippen LogP contribution is 2.22. The summed E-state index contributed by atoms with van der Waals surface area (Å²) in [6.07, 6.45) is 0. The van der Waals surface area contributed by atoms with Crippen LogP contribution < -0.4 is 10.5 Å². The Balaban J connectivity index is 3.18. The van der Waals surface area contributed by atoms with Crippen molar-refractivity contribution in [2.75, 3.05) is 7.11 Å². The van der Waals surface area contributed by atoms with Crippen LogP contribution in [-0.4, -0.2) is 18.2 Å². The largest absolute Gasteiger partial charge is 0.496 e. The van der Waals surface area contributed by atoms with Gasteiger partial charge in [-0.2, -0.15) is 0 Å². The molecule has 1 aromatic rings. The Kier molecular flexibility index (Phi) is 3.09. The summed E-state index contributed by atoms with van der Waals surface area (Å²) in [5, 5.41) is 8.82. The van der Waals surface area contributed by atoms with Crippen molar-refractivity contribution in [3.05, 3.63) is 29.3 Å². The summed E-state index contributed by atoms with van der Waals surface area (Å²) in [5.74, 6) is -0.662. The molecule has 4 nitrogen and oxygen atoms in total. The maximum Gasteiger partial charge on any atom is 0.339 e. The lowest BCUT2D eigenvalue weighted by atomic mass is 10.1. The van der Waals surface area contributed by atoms with E-state index in [9.17, 15) is 4.79 Å². The predicted molar refractivity (Wildman–Crippen MR) is 52.6 cm³/mol. The molecule has 0 amide bonds. The van der Waals surface area contributed by atoms with E-state index in [0.717, 1.165) is 5.56 Å². The number of aromatic carboxylic acids is 1. The molecule has 0 bridgehead atoms. The molecule has 1 rings (SSSR count). The first-order valence-corrected chi connectivity index (χ1v) is 4.23. The maximum absolute atomic E-state index is 10.8. The number of carboxylic acid groups (broad SMARTS) is 1. The fourth-order valence-electron chi connectivity index (χ4n) is 1.17. The van der Waals surface area contributed by atoms with Gasteiger partial charge in [0.1, 0.15) is 11.3 Å². The molecule has 0 spiro atoms. The van der Waals surface area contributed by atoms with Crippen molar-refractivity contribution >= 4 is 5.97 Å². The minimum absolute atomic E-state index is 0.133. The Morgan fingerprint density at radius 3 is 2.64 bits per heavy atom. The van der Waals surface area contributed by atoms with Crippen molar-refractivity contribution < 1.29 is 14.6 Å². The number of rotatable bonds is 3. The average Bonchev–Trinajstić information content (AvgIpc) is 2.16. The Labute approximate surface area is 82.3 Å². The number of nitrogens with two attached hydrogens (primary N) is 1. The molecule has 14 heavy (non-hydrogen) atoms. The Bertz CT molecular complexity index is 347. The number of benzene rings is 1. The highest BCUT2D eigenvalue weighted by atomic mass is 16.5. The number of ether oxygens (including phenoxy) is 1. The Morgan fingerprint density at radius 2 is 2.21 bits per heavy atom. The third kappa shape index (κ3) is 2.03. The second-order valence-electron chi connectivity index (χ2n) is 3.05. The van der Waals surface area contributed by atoms with Crippen molar-refractivity contribution in [3.63, 3.8) is 0 Å². The number of hydrogen-bond donors (Lipinski definition) is 2. The van der Waals surface area contributed by atoms with Crippen molar-refractivity contribution in [2.45, 2.75) is 13.0 Å². The topological polar surface area (TPSA) is 72.5 Å². The summed E-state index contributed by atoms with van der Waals surface area (Å²) in [6.45, 7) is 1.83. The van der Waals surface area contributed by atoms with Crippen LogP contribution in [-0.2, 0) is 0 Å². The molecule has 1 atom stereocenters. The van der Waals surface area contributed by atoms with Gasteiger partial charge < -0.3 is 15.6 Å². The number of carboxylic acids is 1. The molecule has 0 heterocycles. The van der Waals surface area contributed by atoms with Crippen LogP contribution in [0.15, 0.2) is 18.2 Å². The summed E-state index contributed by atoms with van der Waals surface area (Å²) in [6, 6.07) is 4.71. The predicted octanol–water partition coefficient (Wildman–Crippen LogP) is 1.41. The molecule has 0 aliphatic heterocycles. The average molecular weight is 195 g/mol.